The first-order valence-corrected chi connectivity index (χ1v) is 6.68. The number of aliphatic hydroxyl groups excluding tert-OH is 1. The van der Waals surface area contributed by atoms with Crippen LogP contribution in [0.15, 0.2) is 18.5 Å². The minimum Gasteiger partial charge on any atom is -0.389 e. The lowest BCUT2D eigenvalue weighted by molar-refractivity contribution is 0.154. The smallest absolute Gasteiger partial charge is 0.153 e. The van der Waals surface area contributed by atoms with Crippen LogP contribution in [-0.2, 0) is 13.0 Å². The van der Waals surface area contributed by atoms with Crippen LogP contribution < -0.4 is 4.90 Å². The molecule has 1 aliphatic rings. The zero-order chi connectivity index (χ0) is 13.2. The van der Waals surface area contributed by atoms with E-state index >= 15 is 0 Å². The fourth-order valence-corrected chi connectivity index (χ4v) is 2.67. The molecule has 6 heteroatoms. The van der Waals surface area contributed by atoms with Gasteiger partial charge in [-0.25, -0.2) is 0 Å². The van der Waals surface area contributed by atoms with E-state index in [1.54, 1.807) is 10.9 Å². The first-order valence-electron chi connectivity index (χ1n) is 6.68. The maximum absolute atomic E-state index is 10.2. The average molecular weight is 261 g/mol. The normalized spacial score (nSPS) is 16.4. The second-order valence-corrected chi connectivity index (χ2v) is 5.08. The van der Waals surface area contributed by atoms with Gasteiger partial charge in [0.15, 0.2) is 5.82 Å². The SMILES string of the molecule is Cc1[nH]nc2c1CCCN2CC(O)Cn1cccn1. The highest BCUT2D eigenvalue weighted by Crippen LogP contribution is 2.26. The van der Waals surface area contributed by atoms with Gasteiger partial charge in [-0.3, -0.25) is 9.78 Å². The summed E-state index contributed by atoms with van der Waals surface area (Å²) in [4.78, 5) is 2.16. The molecule has 1 unspecified atom stereocenters. The molecule has 19 heavy (non-hydrogen) atoms. The van der Waals surface area contributed by atoms with Gasteiger partial charge in [-0.2, -0.15) is 10.2 Å². The predicted octanol–water partition coefficient (Wildman–Crippen LogP) is 0.728. The highest BCUT2D eigenvalue weighted by molar-refractivity contribution is 5.51. The van der Waals surface area contributed by atoms with Crippen LogP contribution in [0.4, 0.5) is 5.82 Å². The molecule has 2 aromatic rings. The van der Waals surface area contributed by atoms with Gasteiger partial charge in [-0.1, -0.05) is 0 Å². The molecular weight excluding hydrogens is 242 g/mol. The lowest BCUT2D eigenvalue weighted by Crippen LogP contribution is -2.38. The first kappa shape index (κ1) is 12.2. The molecule has 0 fully saturated rings. The quantitative estimate of drug-likeness (QED) is 0.851. The maximum Gasteiger partial charge on any atom is 0.153 e. The summed E-state index contributed by atoms with van der Waals surface area (Å²) in [5, 5.41) is 21.7. The molecule has 2 N–H and O–H groups in total. The predicted molar refractivity (Wildman–Crippen MR) is 72.1 cm³/mol. The third kappa shape index (κ3) is 2.49. The first-order chi connectivity index (χ1) is 9.24. The summed E-state index contributed by atoms with van der Waals surface area (Å²) in [6.07, 6.45) is 5.33. The molecule has 0 aromatic carbocycles. The zero-order valence-corrected chi connectivity index (χ0v) is 11.1. The fraction of sp³-hybridized carbons (Fsp3) is 0.538. The van der Waals surface area contributed by atoms with Gasteiger partial charge in [0, 0.05) is 36.7 Å². The number of β-amino-alcohol motifs (C(OH)–C–C–N with tert-alkyl or cyclic N) is 1. The number of nitrogens with zero attached hydrogens (tertiary/aromatic N) is 4. The monoisotopic (exact) mass is 261 g/mol. The van der Waals surface area contributed by atoms with Crippen molar-refractivity contribution in [1.82, 2.24) is 20.0 Å². The number of aromatic amines is 1. The van der Waals surface area contributed by atoms with Gasteiger partial charge in [-0.05, 0) is 25.8 Å². The standard InChI is InChI=1S/C13H19N5O/c1-10-12-4-2-6-17(13(12)16-15-10)8-11(19)9-18-7-3-5-14-18/h3,5,7,11,19H,2,4,6,8-9H2,1H3,(H,15,16). The van der Waals surface area contributed by atoms with Crippen LogP contribution in [-0.4, -0.2) is 44.3 Å². The second kappa shape index (κ2) is 5.05. The average Bonchev–Trinajstić information content (AvgIpc) is 3.01. The van der Waals surface area contributed by atoms with E-state index < -0.39 is 6.10 Å². The van der Waals surface area contributed by atoms with Gasteiger partial charge in [0.25, 0.3) is 0 Å². The summed E-state index contributed by atoms with van der Waals surface area (Å²) < 4.78 is 1.76. The van der Waals surface area contributed by atoms with Crippen LogP contribution in [0.5, 0.6) is 0 Å². The lowest BCUT2D eigenvalue weighted by Gasteiger charge is -2.29. The third-order valence-corrected chi connectivity index (χ3v) is 3.59. The van der Waals surface area contributed by atoms with E-state index in [1.807, 2.05) is 12.3 Å². The molecule has 0 saturated heterocycles. The van der Waals surface area contributed by atoms with Gasteiger partial charge < -0.3 is 10.0 Å². The summed E-state index contributed by atoms with van der Waals surface area (Å²) in [7, 11) is 0. The molecule has 0 amide bonds. The Balaban J connectivity index is 1.67. The van der Waals surface area contributed by atoms with Gasteiger partial charge in [0.05, 0.1) is 12.6 Å². The van der Waals surface area contributed by atoms with E-state index in [9.17, 15) is 5.11 Å². The van der Waals surface area contributed by atoms with E-state index in [1.165, 1.54) is 5.56 Å². The van der Waals surface area contributed by atoms with Gasteiger partial charge in [0.2, 0.25) is 0 Å². The fourth-order valence-electron chi connectivity index (χ4n) is 2.67. The molecule has 6 nitrogen and oxygen atoms in total. The number of aliphatic hydroxyl groups is 1. The Kier molecular flexibility index (Phi) is 3.25. The molecular formula is C13H19N5O. The van der Waals surface area contributed by atoms with Crippen LogP contribution in [0.2, 0.25) is 0 Å². The van der Waals surface area contributed by atoms with Crippen LogP contribution in [0, 0.1) is 6.92 Å². The summed E-state index contributed by atoms with van der Waals surface area (Å²) in [5.74, 6) is 1.00. The number of hydrogen-bond acceptors (Lipinski definition) is 4. The molecule has 0 spiro atoms. The number of nitrogens with one attached hydrogen (secondary N) is 1. The molecule has 2 aromatic heterocycles. The molecule has 102 valence electrons. The Hall–Kier alpha value is -1.82. The maximum atomic E-state index is 10.2. The van der Waals surface area contributed by atoms with E-state index in [4.69, 9.17) is 0 Å². The lowest BCUT2D eigenvalue weighted by atomic mass is 10.1. The number of aromatic nitrogens is 4. The van der Waals surface area contributed by atoms with Crippen LogP contribution in [0.3, 0.4) is 0 Å². The Morgan fingerprint density at radius 2 is 2.37 bits per heavy atom. The number of rotatable bonds is 4. The van der Waals surface area contributed by atoms with Crippen molar-refractivity contribution in [3.05, 3.63) is 29.7 Å². The van der Waals surface area contributed by atoms with Crippen molar-refractivity contribution in [2.45, 2.75) is 32.4 Å². The summed E-state index contributed by atoms with van der Waals surface area (Å²) in [6.45, 7) is 4.11. The summed E-state index contributed by atoms with van der Waals surface area (Å²) >= 11 is 0. The highest BCUT2D eigenvalue weighted by atomic mass is 16.3. The van der Waals surface area contributed by atoms with Crippen molar-refractivity contribution in [2.75, 3.05) is 18.0 Å². The topological polar surface area (TPSA) is 70.0 Å². The van der Waals surface area contributed by atoms with E-state index in [2.05, 4.69) is 27.1 Å². The van der Waals surface area contributed by atoms with Gasteiger partial charge in [0.1, 0.15) is 0 Å². The highest BCUT2D eigenvalue weighted by Gasteiger charge is 2.23. The Morgan fingerprint density at radius 3 is 3.16 bits per heavy atom. The summed E-state index contributed by atoms with van der Waals surface area (Å²) in [6, 6.07) is 1.86. The molecule has 0 radical (unpaired) electrons. The van der Waals surface area contributed by atoms with Crippen LogP contribution in [0.1, 0.15) is 17.7 Å². The molecule has 1 atom stereocenters. The third-order valence-electron chi connectivity index (χ3n) is 3.59. The second-order valence-electron chi connectivity index (χ2n) is 5.08. The van der Waals surface area contributed by atoms with Crippen molar-refractivity contribution in [3.63, 3.8) is 0 Å². The van der Waals surface area contributed by atoms with Gasteiger partial charge in [-0.15, -0.1) is 0 Å². The van der Waals surface area contributed by atoms with Crippen molar-refractivity contribution in [3.8, 4) is 0 Å². The van der Waals surface area contributed by atoms with Crippen molar-refractivity contribution < 1.29 is 5.11 Å². The molecule has 1 aliphatic heterocycles. The summed E-state index contributed by atoms with van der Waals surface area (Å²) in [5.41, 5.74) is 2.43. The van der Waals surface area contributed by atoms with Crippen molar-refractivity contribution in [1.29, 1.82) is 0 Å². The minimum atomic E-state index is -0.442. The number of aryl methyl sites for hydroxylation is 1. The Bertz CT molecular complexity index is 533. The number of H-pyrrole nitrogens is 1. The van der Waals surface area contributed by atoms with E-state index in [-0.39, 0.29) is 0 Å². The van der Waals surface area contributed by atoms with Gasteiger partial charge >= 0.3 is 0 Å². The molecule has 3 rings (SSSR count). The van der Waals surface area contributed by atoms with E-state index in [0.717, 1.165) is 30.9 Å². The molecule has 0 bridgehead atoms. The van der Waals surface area contributed by atoms with Crippen molar-refractivity contribution in [2.24, 2.45) is 0 Å². The minimum absolute atomic E-state index is 0.442. The van der Waals surface area contributed by atoms with Crippen molar-refractivity contribution >= 4 is 5.82 Å². The number of fused-ring (bicyclic) bond motifs is 1. The van der Waals surface area contributed by atoms with E-state index in [0.29, 0.717) is 13.1 Å². The number of hydrogen-bond donors (Lipinski definition) is 2. The largest absolute Gasteiger partial charge is 0.389 e. The zero-order valence-electron chi connectivity index (χ0n) is 11.1. The Labute approximate surface area is 112 Å². The van der Waals surface area contributed by atoms with Crippen LogP contribution in [0.25, 0.3) is 0 Å². The molecule has 0 aliphatic carbocycles. The Morgan fingerprint density at radius 1 is 1.47 bits per heavy atom. The molecule has 0 saturated carbocycles. The molecule has 3 heterocycles. The number of anilines is 1. The van der Waals surface area contributed by atoms with Crippen LogP contribution >= 0.6 is 0 Å².